The number of methoxy groups -OCH3 is 1. The molecule has 0 saturated carbocycles. The number of nitrogens with one attached hydrogen (secondary N) is 1. The average molecular weight is 309 g/mol. The lowest BCUT2D eigenvalue weighted by molar-refractivity contribution is 0.411. The van der Waals surface area contributed by atoms with Crippen LogP contribution in [0.3, 0.4) is 0 Å². The summed E-state index contributed by atoms with van der Waals surface area (Å²) in [5.41, 5.74) is 1.42. The van der Waals surface area contributed by atoms with Gasteiger partial charge in [0.05, 0.1) is 12.0 Å². The largest absolute Gasteiger partial charge is 0.496 e. The molecule has 0 saturated heterocycles. The summed E-state index contributed by atoms with van der Waals surface area (Å²) in [4.78, 5) is 0.169. The van der Waals surface area contributed by atoms with Crippen molar-refractivity contribution in [2.24, 2.45) is 0 Å². The summed E-state index contributed by atoms with van der Waals surface area (Å²) in [5.74, 6) is 0.278. The maximum absolute atomic E-state index is 12.8. The van der Waals surface area contributed by atoms with Crippen molar-refractivity contribution in [1.29, 1.82) is 0 Å². The van der Waals surface area contributed by atoms with Gasteiger partial charge in [0.15, 0.2) is 0 Å². The van der Waals surface area contributed by atoms with Crippen LogP contribution in [0.1, 0.15) is 11.1 Å². The van der Waals surface area contributed by atoms with Gasteiger partial charge >= 0.3 is 0 Å². The fourth-order valence-electron chi connectivity index (χ4n) is 1.88. The van der Waals surface area contributed by atoms with E-state index in [0.717, 1.165) is 5.56 Å². The Bertz CT molecular complexity index is 727. The highest BCUT2D eigenvalue weighted by Gasteiger charge is 2.15. The number of sulfonamides is 1. The van der Waals surface area contributed by atoms with Crippen LogP contribution in [0.15, 0.2) is 47.4 Å². The summed E-state index contributed by atoms with van der Waals surface area (Å²) in [7, 11) is -2.08. The second-order valence-electron chi connectivity index (χ2n) is 4.58. The van der Waals surface area contributed by atoms with E-state index in [1.165, 1.54) is 37.4 Å². The normalized spacial score (nSPS) is 11.4. The molecule has 21 heavy (non-hydrogen) atoms. The molecular formula is C15H16FNO3S. The molecule has 0 unspecified atom stereocenters. The third-order valence-electron chi connectivity index (χ3n) is 3.06. The zero-order valence-corrected chi connectivity index (χ0v) is 12.6. The molecule has 2 rings (SSSR count). The molecule has 0 fully saturated rings. The molecule has 0 aliphatic carbocycles. The van der Waals surface area contributed by atoms with Crippen LogP contribution < -0.4 is 9.46 Å². The van der Waals surface area contributed by atoms with E-state index in [4.69, 9.17) is 4.74 Å². The van der Waals surface area contributed by atoms with Crippen LogP contribution >= 0.6 is 0 Å². The maximum Gasteiger partial charge on any atom is 0.240 e. The molecule has 6 heteroatoms. The van der Waals surface area contributed by atoms with E-state index < -0.39 is 10.0 Å². The topological polar surface area (TPSA) is 55.4 Å². The zero-order valence-electron chi connectivity index (χ0n) is 11.8. The number of aryl methyl sites for hydroxylation is 1. The predicted octanol–water partition coefficient (Wildman–Crippen LogP) is 2.62. The smallest absolute Gasteiger partial charge is 0.240 e. The number of halogens is 1. The minimum absolute atomic E-state index is 0.105. The van der Waals surface area contributed by atoms with Crippen LogP contribution in [0.5, 0.6) is 5.75 Å². The Morgan fingerprint density at radius 2 is 1.81 bits per heavy atom. The minimum Gasteiger partial charge on any atom is -0.496 e. The van der Waals surface area contributed by atoms with Crippen LogP contribution in [-0.2, 0) is 16.6 Å². The van der Waals surface area contributed by atoms with Gasteiger partial charge in [-0.05, 0) is 48.4 Å². The lowest BCUT2D eigenvalue weighted by Crippen LogP contribution is -2.23. The van der Waals surface area contributed by atoms with Crippen LogP contribution in [0, 0.1) is 12.7 Å². The fraction of sp³-hybridized carbons (Fsp3) is 0.200. The van der Waals surface area contributed by atoms with Gasteiger partial charge in [-0.3, -0.25) is 0 Å². The molecular weight excluding hydrogens is 293 g/mol. The van der Waals surface area contributed by atoms with E-state index in [2.05, 4.69) is 4.72 Å². The monoisotopic (exact) mass is 309 g/mol. The molecule has 4 nitrogen and oxygen atoms in total. The summed E-state index contributed by atoms with van der Waals surface area (Å²) in [6.45, 7) is 1.88. The number of hydrogen-bond acceptors (Lipinski definition) is 3. The SMILES string of the molecule is COc1ccc(S(=O)(=O)NCc2ccc(F)cc2)cc1C. The lowest BCUT2D eigenvalue weighted by atomic mass is 10.2. The molecule has 0 atom stereocenters. The van der Waals surface area contributed by atoms with Gasteiger partial charge in [0.2, 0.25) is 10.0 Å². The second kappa shape index (κ2) is 6.24. The molecule has 0 heterocycles. The highest BCUT2D eigenvalue weighted by Crippen LogP contribution is 2.21. The van der Waals surface area contributed by atoms with Crippen LogP contribution in [0.4, 0.5) is 4.39 Å². The molecule has 0 aromatic heterocycles. The molecule has 2 aromatic carbocycles. The van der Waals surface area contributed by atoms with Crippen LogP contribution in [0.2, 0.25) is 0 Å². The summed E-state index contributed by atoms with van der Waals surface area (Å²) in [5, 5.41) is 0. The minimum atomic E-state index is -3.62. The van der Waals surface area contributed by atoms with Gasteiger partial charge in [0, 0.05) is 6.54 Å². The van der Waals surface area contributed by atoms with Gasteiger partial charge < -0.3 is 4.74 Å². The van der Waals surface area contributed by atoms with E-state index in [-0.39, 0.29) is 17.3 Å². The third kappa shape index (κ3) is 3.80. The Labute approximate surface area is 123 Å². The van der Waals surface area contributed by atoms with Crippen molar-refractivity contribution in [3.63, 3.8) is 0 Å². The average Bonchev–Trinajstić information content (AvgIpc) is 2.46. The second-order valence-corrected chi connectivity index (χ2v) is 6.35. The Hall–Kier alpha value is -1.92. The van der Waals surface area contributed by atoms with Crippen molar-refractivity contribution < 1.29 is 17.5 Å². The van der Waals surface area contributed by atoms with E-state index in [9.17, 15) is 12.8 Å². The fourth-order valence-corrected chi connectivity index (χ4v) is 2.98. The maximum atomic E-state index is 12.8. The van der Waals surface area contributed by atoms with Crippen molar-refractivity contribution in [3.8, 4) is 5.75 Å². The zero-order chi connectivity index (χ0) is 15.5. The van der Waals surface area contributed by atoms with Gasteiger partial charge in [0.25, 0.3) is 0 Å². The van der Waals surface area contributed by atoms with Crippen molar-refractivity contribution in [2.45, 2.75) is 18.4 Å². The molecule has 112 valence electrons. The molecule has 0 aliphatic rings. The molecule has 0 aliphatic heterocycles. The Morgan fingerprint density at radius 1 is 1.14 bits per heavy atom. The highest BCUT2D eigenvalue weighted by molar-refractivity contribution is 7.89. The van der Waals surface area contributed by atoms with Gasteiger partial charge in [-0.2, -0.15) is 0 Å². The Kier molecular flexibility index (Phi) is 4.59. The van der Waals surface area contributed by atoms with E-state index in [0.29, 0.717) is 11.3 Å². The molecule has 0 spiro atoms. The highest BCUT2D eigenvalue weighted by atomic mass is 32.2. The predicted molar refractivity (Wildman–Crippen MR) is 78.2 cm³/mol. The molecule has 0 amide bonds. The first-order valence-electron chi connectivity index (χ1n) is 6.31. The van der Waals surface area contributed by atoms with E-state index >= 15 is 0 Å². The van der Waals surface area contributed by atoms with Gasteiger partial charge in [-0.15, -0.1) is 0 Å². The van der Waals surface area contributed by atoms with Crippen molar-refractivity contribution >= 4 is 10.0 Å². The van der Waals surface area contributed by atoms with Crippen molar-refractivity contribution in [2.75, 3.05) is 7.11 Å². The molecule has 1 N–H and O–H groups in total. The summed E-state index contributed by atoms with van der Waals surface area (Å²) >= 11 is 0. The lowest BCUT2D eigenvalue weighted by Gasteiger charge is -2.09. The van der Waals surface area contributed by atoms with E-state index in [1.54, 1.807) is 19.1 Å². The van der Waals surface area contributed by atoms with Gasteiger partial charge in [0.1, 0.15) is 11.6 Å². The van der Waals surface area contributed by atoms with Crippen LogP contribution in [0.25, 0.3) is 0 Å². The molecule has 0 bridgehead atoms. The third-order valence-corrected chi connectivity index (χ3v) is 4.46. The summed E-state index contributed by atoms with van der Waals surface area (Å²) in [6.07, 6.45) is 0. The number of benzene rings is 2. The van der Waals surface area contributed by atoms with Crippen LogP contribution in [-0.4, -0.2) is 15.5 Å². The summed E-state index contributed by atoms with van der Waals surface area (Å²) < 4.78 is 44.8. The van der Waals surface area contributed by atoms with Crippen molar-refractivity contribution in [1.82, 2.24) is 4.72 Å². The Morgan fingerprint density at radius 3 is 2.38 bits per heavy atom. The first kappa shape index (κ1) is 15.5. The molecule has 0 radical (unpaired) electrons. The summed E-state index contributed by atoms with van der Waals surface area (Å²) in [6, 6.07) is 10.3. The van der Waals surface area contributed by atoms with E-state index in [1.807, 2.05) is 0 Å². The number of rotatable bonds is 5. The standard InChI is InChI=1S/C15H16FNO3S/c1-11-9-14(7-8-15(11)20-2)21(18,19)17-10-12-3-5-13(16)6-4-12/h3-9,17H,10H2,1-2H3. The first-order chi connectivity index (χ1) is 9.92. The van der Waals surface area contributed by atoms with Gasteiger partial charge in [-0.25, -0.2) is 17.5 Å². The first-order valence-corrected chi connectivity index (χ1v) is 7.79. The number of ether oxygens (including phenoxy) is 1. The Balaban J connectivity index is 2.14. The quantitative estimate of drug-likeness (QED) is 0.923. The van der Waals surface area contributed by atoms with Gasteiger partial charge in [-0.1, -0.05) is 12.1 Å². The number of hydrogen-bond donors (Lipinski definition) is 1. The van der Waals surface area contributed by atoms with Crippen molar-refractivity contribution in [3.05, 3.63) is 59.4 Å². The molecule has 2 aromatic rings.